The van der Waals surface area contributed by atoms with Gasteiger partial charge in [0.05, 0.1) is 20.8 Å². The summed E-state index contributed by atoms with van der Waals surface area (Å²) in [6.07, 6.45) is 0. The lowest BCUT2D eigenvalue weighted by molar-refractivity contribution is 0.0852. The highest BCUT2D eigenvalue weighted by molar-refractivity contribution is 5.35. The normalized spacial score (nSPS) is 10.3. The molecule has 78 valence electrons. The third kappa shape index (κ3) is 2.40. The van der Waals surface area contributed by atoms with Crippen LogP contribution in [-0.2, 0) is 11.4 Å². The van der Waals surface area contributed by atoms with Crippen molar-refractivity contribution >= 4 is 0 Å². The summed E-state index contributed by atoms with van der Waals surface area (Å²) in [5, 5.41) is 0. The number of halogens is 2. The third-order valence-corrected chi connectivity index (χ3v) is 1.73. The number of rotatable bonds is 4. The van der Waals surface area contributed by atoms with E-state index in [2.05, 4.69) is 10.3 Å². The highest BCUT2D eigenvalue weighted by Gasteiger charge is 2.11. The Balaban J connectivity index is 2.99. The number of ether oxygens (including phenoxy) is 1. The van der Waals surface area contributed by atoms with E-state index in [0.29, 0.717) is 0 Å². The molecule has 1 aromatic rings. The van der Waals surface area contributed by atoms with E-state index in [1.165, 1.54) is 14.2 Å². The van der Waals surface area contributed by atoms with E-state index in [-0.39, 0.29) is 17.9 Å². The zero-order valence-electron chi connectivity index (χ0n) is 7.93. The number of hydroxylamine groups is 1. The molecule has 0 saturated heterocycles. The fourth-order valence-corrected chi connectivity index (χ4v) is 1.08. The van der Waals surface area contributed by atoms with Crippen molar-refractivity contribution in [2.45, 2.75) is 6.54 Å². The summed E-state index contributed by atoms with van der Waals surface area (Å²) in [6.45, 7) is 0.117. The predicted octanol–water partition coefficient (Wildman–Crippen LogP) is 1.62. The summed E-state index contributed by atoms with van der Waals surface area (Å²) in [5.74, 6) is -1.17. The van der Waals surface area contributed by atoms with Crippen LogP contribution in [0.15, 0.2) is 12.1 Å². The van der Waals surface area contributed by atoms with Crippen LogP contribution >= 0.6 is 0 Å². The lowest BCUT2D eigenvalue weighted by atomic mass is 10.2. The van der Waals surface area contributed by atoms with Gasteiger partial charge in [0.1, 0.15) is 17.4 Å². The van der Waals surface area contributed by atoms with Gasteiger partial charge in [-0.2, -0.15) is 5.48 Å². The Morgan fingerprint density at radius 1 is 1.29 bits per heavy atom. The van der Waals surface area contributed by atoms with E-state index in [0.717, 1.165) is 12.1 Å². The standard InChI is InChI=1S/C9H11F2NO2/c1-13-9-4-6(10)3-8(11)7(9)5-12-14-2/h3-4,12H,5H2,1-2H3. The van der Waals surface area contributed by atoms with Crippen LogP contribution in [-0.4, -0.2) is 14.2 Å². The van der Waals surface area contributed by atoms with Crippen LogP contribution < -0.4 is 10.2 Å². The monoisotopic (exact) mass is 203 g/mol. The molecule has 0 radical (unpaired) electrons. The van der Waals surface area contributed by atoms with Crippen molar-refractivity contribution in [1.82, 2.24) is 5.48 Å². The topological polar surface area (TPSA) is 30.5 Å². The second-order valence-corrected chi connectivity index (χ2v) is 2.59. The summed E-state index contributed by atoms with van der Waals surface area (Å²) < 4.78 is 30.8. The largest absolute Gasteiger partial charge is 0.496 e. The van der Waals surface area contributed by atoms with Gasteiger partial charge in [-0.3, -0.25) is 0 Å². The molecule has 0 fully saturated rings. The Kier molecular flexibility index (Phi) is 3.79. The van der Waals surface area contributed by atoms with Gasteiger partial charge in [-0.1, -0.05) is 0 Å². The number of hydrogen-bond donors (Lipinski definition) is 1. The average molecular weight is 203 g/mol. The smallest absolute Gasteiger partial charge is 0.134 e. The molecule has 5 heteroatoms. The average Bonchev–Trinajstić information content (AvgIpc) is 2.15. The van der Waals surface area contributed by atoms with Gasteiger partial charge >= 0.3 is 0 Å². The molecule has 1 rings (SSSR count). The van der Waals surface area contributed by atoms with E-state index in [4.69, 9.17) is 4.74 Å². The van der Waals surface area contributed by atoms with Crippen LogP contribution in [0.25, 0.3) is 0 Å². The van der Waals surface area contributed by atoms with E-state index in [1.807, 2.05) is 0 Å². The number of benzene rings is 1. The first kappa shape index (κ1) is 10.9. The maximum Gasteiger partial charge on any atom is 0.134 e. The van der Waals surface area contributed by atoms with Gasteiger partial charge in [0.25, 0.3) is 0 Å². The minimum absolute atomic E-state index is 0.117. The van der Waals surface area contributed by atoms with Crippen LogP contribution in [0, 0.1) is 11.6 Å². The molecule has 0 aromatic heterocycles. The first-order valence-electron chi connectivity index (χ1n) is 3.96. The van der Waals surface area contributed by atoms with Crippen molar-refractivity contribution < 1.29 is 18.4 Å². The number of hydrogen-bond acceptors (Lipinski definition) is 3. The molecule has 1 N–H and O–H groups in total. The predicted molar refractivity (Wildman–Crippen MR) is 46.8 cm³/mol. The van der Waals surface area contributed by atoms with Crippen molar-refractivity contribution in [3.8, 4) is 5.75 Å². The lowest BCUT2D eigenvalue weighted by Gasteiger charge is -2.09. The summed E-state index contributed by atoms with van der Waals surface area (Å²) in [7, 11) is 2.76. The van der Waals surface area contributed by atoms with Gasteiger partial charge in [0, 0.05) is 17.7 Å². The molecule has 3 nitrogen and oxygen atoms in total. The van der Waals surface area contributed by atoms with Crippen LogP contribution in [0.1, 0.15) is 5.56 Å². The molecule has 0 spiro atoms. The number of nitrogens with one attached hydrogen (secondary N) is 1. The molecular formula is C9H11F2NO2. The molecule has 0 atom stereocenters. The van der Waals surface area contributed by atoms with E-state index in [9.17, 15) is 8.78 Å². The highest BCUT2D eigenvalue weighted by atomic mass is 19.1. The van der Waals surface area contributed by atoms with Crippen molar-refractivity contribution in [3.63, 3.8) is 0 Å². The van der Waals surface area contributed by atoms with Gasteiger partial charge in [-0.15, -0.1) is 0 Å². The second-order valence-electron chi connectivity index (χ2n) is 2.59. The van der Waals surface area contributed by atoms with Gasteiger partial charge in [-0.05, 0) is 0 Å². The molecule has 0 amide bonds. The molecule has 14 heavy (non-hydrogen) atoms. The Morgan fingerprint density at radius 2 is 2.00 bits per heavy atom. The van der Waals surface area contributed by atoms with Crippen LogP contribution in [0.5, 0.6) is 5.75 Å². The molecular weight excluding hydrogens is 192 g/mol. The SMILES string of the molecule is CONCc1c(F)cc(F)cc1OC. The first-order chi connectivity index (χ1) is 6.69. The Morgan fingerprint density at radius 3 is 2.57 bits per heavy atom. The van der Waals surface area contributed by atoms with Crippen molar-refractivity contribution in [3.05, 3.63) is 29.3 Å². The van der Waals surface area contributed by atoms with Crippen molar-refractivity contribution in [1.29, 1.82) is 0 Å². The van der Waals surface area contributed by atoms with E-state index < -0.39 is 11.6 Å². The molecule has 0 aliphatic heterocycles. The quantitative estimate of drug-likeness (QED) is 0.754. The van der Waals surface area contributed by atoms with Crippen LogP contribution in [0.4, 0.5) is 8.78 Å². The zero-order chi connectivity index (χ0) is 10.6. The number of methoxy groups -OCH3 is 1. The van der Waals surface area contributed by atoms with Crippen LogP contribution in [0.3, 0.4) is 0 Å². The molecule has 0 aliphatic rings. The Hall–Kier alpha value is -1.20. The fraction of sp³-hybridized carbons (Fsp3) is 0.333. The Bertz CT molecular complexity index is 318. The minimum Gasteiger partial charge on any atom is -0.496 e. The lowest BCUT2D eigenvalue weighted by Crippen LogP contribution is -2.13. The van der Waals surface area contributed by atoms with Gasteiger partial charge in [0.2, 0.25) is 0 Å². The van der Waals surface area contributed by atoms with Gasteiger partial charge in [0.15, 0.2) is 0 Å². The first-order valence-corrected chi connectivity index (χ1v) is 3.96. The third-order valence-electron chi connectivity index (χ3n) is 1.73. The van der Waals surface area contributed by atoms with E-state index >= 15 is 0 Å². The van der Waals surface area contributed by atoms with Gasteiger partial charge in [-0.25, -0.2) is 8.78 Å². The summed E-state index contributed by atoms with van der Waals surface area (Å²) >= 11 is 0. The second kappa shape index (κ2) is 4.88. The maximum absolute atomic E-state index is 13.2. The minimum atomic E-state index is -0.666. The van der Waals surface area contributed by atoms with Crippen LogP contribution in [0.2, 0.25) is 0 Å². The molecule has 0 unspecified atom stereocenters. The zero-order valence-corrected chi connectivity index (χ0v) is 7.93. The molecule has 1 aromatic carbocycles. The highest BCUT2D eigenvalue weighted by Crippen LogP contribution is 2.22. The molecule has 0 aliphatic carbocycles. The maximum atomic E-state index is 13.2. The fourth-order valence-electron chi connectivity index (χ4n) is 1.08. The van der Waals surface area contributed by atoms with Crippen molar-refractivity contribution in [2.24, 2.45) is 0 Å². The summed E-state index contributed by atoms with van der Waals surface area (Å²) in [5.41, 5.74) is 2.69. The molecule has 0 heterocycles. The van der Waals surface area contributed by atoms with Gasteiger partial charge < -0.3 is 9.57 Å². The van der Waals surface area contributed by atoms with Crippen molar-refractivity contribution in [2.75, 3.05) is 14.2 Å². The Labute approximate surface area is 80.6 Å². The summed E-state index contributed by atoms with van der Waals surface area (Å²) in [4.78, 5) is 4.56. The molecule has 0 saturated carbocycles. The van der Waals surface area contributed by atoms with E-state index in [1.54, 1.807) is 0 Å². The summed E-state index contributed by atoms with van der Waals surface area (Å²) in [6, 6.07) is 1.92. The molecule has 0 bridgehead atoms.